The highest BCUT2D eigenvalue weighted by Gasteiger charge is 2.12. The fourth-order valence-corrected chi connectivity index (χ4v) is 2.47. The molecule has 0 atom stereocenters. The standard InChI is InChI=1S/C16H15Cl2N3O2/c17-12-5-4-10(8-11(12)15(20)22)16(23)21-7-6-9-2-1-3-13(18)14(9)19/h1-5,8H,6-7,19H2,(H2,20,22)(H,21,23). The van der Waals surface area contributed by atoms with Gasteiger partial charge in [0.05, 0.1) is 21.3 Å². The molecule has 0 radical (unpaired) electrons. The summed E-state index contributed by atoms with van der Waals surface area (Å²) in [7, 11) is 0. The van der Waals surface area contributed by atoms with Crippen LogP contribution in [0.3, 0.4) is 0 Å². The highest BCUT2D eigenvalue weighted by atomic mass is 35.5. The lowest BCUT2D eigenvalue weighted by Crippen LogP contribution is -2.26. The highest BCUT2D eigenvalue weighted by Crippen LogP contribution is 2.22. The van der Waals surface area contributed by atoms with Crippen LogP contribution in [0.2, 0.25) is 10.0 Å². The molecule has 2 aromatic rings. The Labute approximate surface area is 143 Å². The normalized spacial score (nSPS) is 10.3. The van der Waals surface area contributed by atoms with E-state index in [-0.39, 0.29) is 16.5 Å². The zero-order chi connectivity index (χ0) is 17.0. The van der Waals surface area contributed by atoms with Crippen LogP contribution in [-0.4, -0.2) is 18.4 Å². The van der Waals surface area contributed by atoms with E-state index in [2.05, 4.69) is 5.32 Å². The number of nitrogen functional groups attached to an aromatic ring is 1. The maximum absolute atomic E-state index is 12.1. The van der Waals surface area contributed by atoms with Crippen molar-refractivity contribution < 1.29 is 9.59 Å². The Morgan fingerprint density at radius 3 is 2.52 bits per heavy atom. The minimum absolute atomic E-state index is 0.110. The first kappa shape index (κ1) is 17.1. The van der Waals surface area contributed by atoms with Crippen molar-refractivity contribution in [3.05, 3.63) is 63.1 Å². The van der Waals surface area contributed by atoms with Crippen LogP contribution in [0.5, 0.6) is 0 Å². The first-order valence-electron chi connectivity index (χ1n) is 6.80. The molecule has 23 heavy (non-hydrogen) atoms. The Morgan fingerprint density at radius 2 is 1.83 bits per heavy atom. The zero-order valence-electron chi connectivity index (χ0n) is 12.1. The van der Waals surface area contributed by atoms with Crippen LogP contribution < -0.4 is 16.8 Å². The molecule has 0 spiro atoms. The van der Waals surface area contributed by atoms with Crippen molar-refractivity contribution in [3.8, 4) is 0 Å². The summed E-state index contributed by atoms with van der Waals surface area (Å²) in [5, 5.41) is 3.44. The predicted octanol–water partition coefficient (Wildman–Crippen LogP) is 2.65. The zero-order valence-corrected chi connectivity index (χ0v) is 13.6. The van der Waals surface area contributed by atoms with E-state index < -0.39 is 5.91 Å². The summed E-state index contributed by atoms with van der Waals surface area (Å²) in [5.74, 6) is -1.01. The number of primary amides is 1. The molecule has 0 aliphatic heterocycles. The lowest BCUT2D eigenvalue weighted by Gasteiger charge is -2.09. The van der Waals surface area contributed by atoms with Gasteiger partial charge in [0.15, 0.2) is 0 Å². The van der Waals surface area contributed by atoms with Crippen LogP contribution in [0.1, 0.15) is 26.3 Å². The van der Waals surface area contributed by atoms with E-state index in [4.69, 9.17) is 34.7 Å². The van der Waals surface area contributed by atoms with E-state index in [1.54, 1.807) is 12.1 Å². The largest absolute Gasteiger partial charge is 0.397 e. The third-order valence-corrected chi connectivity index (χ3v) is 3.98. The topological polar surface area (TPSA) is 98.2 Å². The second kappa shape index (κ2) is 7.35. The number of hydrogen-bond donors (Lipinski definition) is 3. The predicted molar refractivity (Wildman–Crippen MR) is 91.9 cm³/mol. The fraction of sp³-hybridized carbons (Fsp3) is 0.125. The molecule has 7 heteroatoms. The van der Waals surface area contributed by atoms with Crippen LogP contribution in [0.4, 0.5) is 5.69 Å². The summed E-state index contributed by atoms with van der Waals surface area (Å²) in [6, 6.07) is 9.71. The van der Waals surface area contributed by atoms with Crippen LogP contribution in [-0.2, 0) is 6.42 Å². The maximum Gasteiger partial charge on any atom is 0.251 e. The number of amides is 2. The Balaban J connectivity index is 2.01. The van der Waals surface area contributed by atoms with Crippen molar-refractivity contribution >= 4 is 40.7 Å². The highest BCUT2D eigenvalue weighted by molar-refractivity contribution is 6.34. The van der Waals surface area contributed by atoms with Crippen LogP contribution in [0.15, 0.2) is 36.4 Å². The molecule has 5 nitrogen and oxygen atoms in total. The molecule has 0 aromatic heterocycles. The third kappa shape index (κ3) is 4.15. The summed E-state index contributed by atoms with van der Waals surface area (Å²) >= 11 is 11.8. The molecule has 0 aliphatic rings. The molecule has 0 heterocycles. The van der Waals surface area contributed by atoms with E-state index in [0.717, 1.165) is 5.56 Å². The molecule has 2 amide bonds. The van der Waals surface area contributed by atoms with Gasteiger partial charge < -0.3 is 16.8 Å². The van der Waals surface area contributed by atoms with Gasteiger partial charge >= 0.3 is 0 Å². The summed E-state index contributed by atoms with van der Waals surface area (Å²) < 4.78 is 0. The summed E-state index contributed by atoms with van der Waals surface area (Å²) in [5.41, 5.74) is 12.9. The van der Waals surface area contributed by atoms with Gasteiger partial charge in [-0.15, -0.1) is 0 Å². The summed E-state index contributed by atoms with van der Waals surface area (Å²) in [4.78, 5) is 23.4. The van der Waals surface area contributed by atoms with E-state index in [1.807, 2.05) is 6.07 Å². The number of anilines is 1. The lowest BCUT2D eigenvalue weighted by atomic mass is 10.1. The molecular weight excluding hydrogens is 337 g/mol. The number of hydrogen-bond acceptors (Lipinski definition) is 3. The Morgan fingerprint density at radius 1 is 1.09 bits per heavy atom. The lowest BCUT2D eigenvalue weighted by molar-refractivity contribution is 0.0954. The molecule has 0 aliphatic carbocycles. The number of nitrogens with two attached hydrogens (primary N) is 2. The van der Waals surface area contributed by atoms with Gasteiger partial charge in [-0.25, -0.2) is 0 Å². The summed E-state index contributed by atoms with van der Waals surface area (Å²) in [6.45, 7) is 0.373. The van der Waals surface area contributed by atoms with Crippen molar-refractivity contribution in [2.75, 3.05) is 12.3 Å². The van der Waals surface area contributed by atoms with Gasteiger partial charge in [0.2, 0.25) is 5.91 Å². The molecule has 2 rings (SSSR count). The Kier molecular flexibility index (Phi) is 5.47. The molecule has 0 bridgehead atoms. The SMILES string of the molecule is NC(=O)c1cc(C(=O)NCCc2cccc(Cl)c2N)ccc1Cl. The van der Waals surface area contributed by atoms with Gasteiger partial charge in [-0.1, -0.05) is 35.3 Å². The fourth-order valence-electron chi connectivity index (χ4n) is 2.07. The molecule has 120 valence electrons. The van der Waals surface area contributed by atoms with E-state index >= 15 is 0 Å². The van der Waals surface area contributed by atoms with Gasteiger partial charge in [0, 0.05) is 12.1 Å². The first-order chi connectivity index (χ1) is 10.9. The number of benzene rings is 2. The smallest absolute Gasteiger partial charge is 0.251 e. The number of nitrogens with one attached hydrogen (secondary N) is 1. The third-order valence-electron chi connectivity index (χ3n) is 3.32. The van der Waals surface area contributed by atoms with Gasteiger partial charge in [0.1, 0.15) is 0 Å². The maximum atomic E-state index is 12.1. The summed E-state index contributed by atoms with van der Waals surface area (Å²) in [6.07, 6.45) is 0.536. The van der Waals surface area contributed by atoms with Crippen molar-refractivity contribution in [2.24, 2.45) is 5.73 Å². The molecule has 5 N–H and O–H groups in total. The van der Waals surface area contributed by atoms with E-state index in [9.17, 15) is 9.59 Å². The van der Waals surface area contributed by atoms with E-state index in [0.29, 0.717) is 29.2 Å². The molecule has 0 saturated carbocycles. The monoisotopic (exact) mass is 351 g/mol. The number of carbonyl (C=O) groups is 2. The van der Waals surface area contributed by atoms with Crippen LogP contribution >= 0.6 is 23.2 Å². The Hall–Kier alpha value is -2.24. The Bertz CT molecular complexity index is 763. The molecule has 0 fully saturated rings. The number of rotatable bonds is 5. The quantitative estimate of drug-likeness (QED) is 0.722. The van der Waals surface area contributed by atoms with Crippen LogP contribution in [0, 0.1) is 0 Å². The number of halogens is 2. The number of carbonyl (C=O) groups excluding carboxylic acids is 2. The van der Waals surface area contributed by atoms with Crippen LogP contribution in [0.25, 0.3) is 0 Å². The minimum atomic E-state index is -0.684. The van der Waals surface area contributed by atoms with Gasteiger partial charge in [-0.2, -0.15) is 0 Å². The minimum Gasteiger partial charge on any atom is -0.397 e. The van der Waals surface area contributed by atoms with Crippen molar-refractivity contribution in [1.82, 2.24) is 5.32 Å². The molecule has 0 saturated heterocycles. The van der Waals surface area contributed by atoms with Crippen molar-refractivity contribution in [1.29, 1.82) is 0 Å². The first-order valence-corrected chi connectivity index (χ1v) is 7.56. The molecule has 0 unspecified atom stereocenters. The molecular formula is C16H15Cl2N3O2. The van der Waals surface area contributed by atoms with Gasteiger partial charge in [-0.05, 0) is 36.2 Å². The average molecular weight is 352 g/mol. The van der Waals surface area contributed by atoms with Crippen molar-refractivity contribution in [3.63, 3.8) is 0 Å². The van der Waals surface area contributed by atoms with E-state index in [1.165, 1.54) is 18.2 Å². The average Bonchev–Trinajstić information content (AvgIpc) is 2.51. The van der Waals surface area contributed by atoms with Gasteiger partial charge in [-0.3, -0.25) is 9.59 Å². The molecule has 2 aromatic carbocycles. The number of para-hydroxylation sites is 1. The van der Waals surface area contributed by atoms with Gasteiger partial charge in [0.25, 0.3) is 5.91 Å². The van der Waals surface area contributed by atoms with Crippen molar-refractivity contribution in [2.45, 2.75) is 6.42 Å². The second-order valence-electron chi connectivity index (χ2n) is 4.88. The second-order valence-corrected chi connectivity index (χ2v) is 5.69.